The van der Waals surface area contributed by atoms with Gasteiger partial charge in [0.1, 0.15) is 0 Å². The van der Waals surface area contributed by atoms with Crippen LogP contribution in [0.2, 0.25) is 0 Å². The van der Waals surface area contributed by atoms with Gasteiger partial charge in [-0.25, -0.2) is 0 Å². The van der Waals surface area contributed by atoms with Gasteiger partial charge in [-0.1, -0.05) is 13.8 Å². The first-order valence-electron chi connectivity index (χ1n) is 6.75. The molecule has 3 heteroatoms. The lowest BCUT2D eigenvalue weighted by molar-refractivity contribution is 0.0596. The third-order valence-corrected chi connectivity index (χ3v) is 4.19. The molecule has 1 aliphatic rings. The van der Waals surface area contributed by atoms with E-state index in [1.807, 2.05) is 0 Å². The van der Waals surface area contributed by atoms with E-state index in [9.17, 15) is 0 Å². The highest BCUT2D eigenvalue weighted by atomic mass is 15.2. The van der Waals surface area contributed by atoms with Gasteiger partial charge in [0, 0.05) is 25.2 Å². The maximum atomic E-state index is 3.63. The quantitative estimate of drug-likeness (QED) is 0.632. The average molecular weight is 227 g/mol. The summed E-state index contributed by atoms with van der Waals surface area (Å²) in [6.45, 7) is 10.2. The Morgan fingerprint density at radius 2 is 1.75 bits per heavy atom. The molecule has 0 bridgehead atoms. The SMILES string of the molecule is CCN(CC)CCNCC1(N(C)C)CCC1. The van der Waals surface area contributed by atoms with E-state index in [0.29, 0.717) is 5.54 Å². The van der Waals surface area contributed by atoms with Crippen LogP contribution in [0.1, 0.15) is 33.1 Å². The summed E-state index contributed by atoms with van der Waals surface area (Å²) in [5.74, 6) is 0. The molecule has 0 spiro atoms. The highest BCUT2D eigenvalue weighted by Crippen LogP contribution is 2.35. The Labute approximate surface area is 101 Å². The molecule has 0 saturated heterocycles. The molecule has 0 aliphatic heterocycles. The number of nitrogens with one attached hydrogen (secondary N) is 1. The molecule has 0 heterocycles. The summed E-state index contributed by atoms with van der Waals surface area (Å²) < 4.78 is 0. The van der Waals surface area contributed by atoms with Crippen LogP contribution in [0.4, 0.5) is 0 Å². The van der Waals surface area contributed by atoms with Gasteiger partial charge >= 0.3 is 0 Å². The van der Waals surface area contributed by atoms with E-state index >= 15 is 0 Å². The van der Waals surface area contributed by atoms with Crippen molar-refractivity contribution in [2.75, 3.05) is 46.8 Å². The summed E-state index contributed by atoms with van der Waals surface area (Å²) in [7, 11) is 4.43. The second-order valence-corrected chi connectivity index (χ2v) is 5.18. The molecule has 0 aromatic carbocycles. The summed E-state index contributed by atoms with van der Waals surface area (Å²) >= 11 is 0. The molecular weight excluding hydrogens is 198 g/mol. The second kappa shape index (κ2) is 6.58. The number of hydrogen-bond acceptors (Lipinski definition) is 3. The summed E-state index contributed by atoms with van der Waals surface area (Å²) in [5.41, 5.74) is 0.462. The molecule has 1 aliphatic carbocycles. The molecule has 0 aromatic rings. The van der Waals surface area contributed by atoms with Gasteiger partial charge in [0.15, 0.2) is 0 Å². The number of rotatable bonds is 8. The normalized spacial score (nSPS) is 19.1. The molecule has 3 nitrogen and oxygen atoms in total. The van der Waals surface area contributed by atoms with E-state index in [2.05, 4.69) is 43.1 Å². The van der Waals surface area contributed by atoms with Crippen LogP contribution < -0.4 is 5.32 Å². The molecule has 0 unspecified atom stereocenters. The topological polar surface area (TPSA) is 18.5 Å². The summed E-state index contributed by atoms with van der Waals surface area (Å²) in [5, 5.41) is 3.63. The molecule has 16 heavy (non-hydrogen) atoms. The smallest absolute Gasteiger partial charge is 0.0327 e. The lowest BCUT2D eigenvalue weighted by atomic mass is 9.75. The van der Waals surface area contributed by atoms with E-state index in [1.54, 1.807) is 0 Å². The van der Waals surface area contributed by atoms with E-state index in [-0.39, 0.29) is 0 Å². The van der Waals surface area contributed by atoms with Gasteiger partial charge in [-0.2, -0.15) is 0 Å². The number of likely N-dealkylation sites (N-methyl/N-ethyl adjacent to an activating group) is 2. The minimum absolute atomic E-state index is 0.462. The molecule has 0 radical (unpaired) electrons. The minimum Gasteiger partial charge on any atom is -0.314 e. The van der Waals surface area contributed by atoms with Crippen LogP contribution in [-0.2, 0) is 0 Å². The van der Waals surface area contributed by atoms with Crippen LogP contribution >= 0.6 is 0 Å². The molecule has 96 valence electrons. The number of hydrogen-bond donors (Lipinski definition) is 1. The van der Waals surface area contributed by atoms with Crippen LogP contribution in [0.25, 0.3) is 0 Å². The lowest BCUT2D eigenvalue weighted by Crippen LogP contribution is -2.56. The largest absolute Gasteiger partial charge is 0.314 e. The van der Waals surface area contributed by atoms with E-state index in [1.165, 1.54) is 25.8 Å². The van der Waals surface area contributed by atoms with Crippen molar-refractivity contribution in [2.45, 2.75) is 38.6 Å². The Bertz CT molecular complexity index is 184. The molecule has 0 aromatic heterocycles. The predicted octanol–water partition coefficient (Wildman–Crippen LogP) is 1.40. The van der Waals surface area contributed by atoms with Crippen molar-refractivity contribution < 1.29 is 0 Å². The van der Waals surface area contributed by atoms with Gasteiger partial charge in [-0.15, -0.1) is 0 Å². The van der Waals surface area contributed by atoms with Crippen molar-refractivity contribution in [1.29, 1.82) is 0 Å². The van der Waals surface area contributed by atoms with E-state index < -0.39 is 0 Å². The Balaban J connectivity index is 2.14. The minimum atomic E-state index is 0.462. The fourth-order valence-electron chi connectivity index (χ4n) is 2.47. The summed E-state index contributed by atoms with van der Waals surface area (Å²) in [4.78, 5) is 4.87. The molecule has 1 saturated carbocycles. The average Bonchev–Trinajstić information content (AvgIpc) is 2.20. The first kappa shape index (κ1) is 13.9. The van der Waals surface area contributed by atoms with Gasteiger partial charge in [0.2, 0.25) is 0 Å². The van der Waals surface area contributed by atoms with Crippen LogP contribution in [0, 0.1) is 0 Å². The van der Waals surface area contributed by atoms with Gasteiger partial charge in [0.25, 0.3) is 0 Å². The molecule has 1 N–H and O–H groups in total. The first-order valence-corrected chi connectivity index (χ1v) is 6.75. The second-order valence-electron chi connectivity index (χ2n) is 5.18. The Morgan fingerprint density at radius 1 is 1.12 bits per heavy atom. The third kappa shape index (κ3) is 3.44. The fourth-order valence-corrected chi connectivity index (χ4v) is 2.47. The van der Waals surface area contributed by atoms with Crippen molar-refractivity contribution in [2.24, 2.45) is 0 Å². The van der Waals surface area contributed by atoms with Gasteiger partial charge < -0.3 is 15.1 Å². The zero-order valence-corrected chi connectivity index (χ0v) is 11.6. The molecular formula is C13H29N3. The Morgan fingerprint density at radius 3 is 2.12 bits per heavy atom. The highest BCUT2D eigenvalue weighted by Gasteiger charge is 2.38. The van der Waals surface area contributed by atoms with Crippen molar-refractivity contribution in [3.8, 4) is 0 Å². The van der Waals surface area contributed by atoms with Gasteiger partial charge in [0.05, 0.1) is 0 Å². The maximum absolute atomic E-state index is 3.63. The molecule has 0 atom stereocenters. The van der Waals surface area contributed by atoms with Crippen LogP contribution in [0.15, 0.2) is 0 Å². The first-order chi connectivity index (χ1) is 7.64. The number of nitrogens with zero attached hydrogens (tertiary/aromatic N) is 2. The van der Waals surface area contributed by atoms with Crippen LogP contribution in [0.5, 0.6) is 0 Å². The van der Waals surface area contributed by atoms with Crippen molar-refractivity contribution in [1.82, 2.24) is 15.1 Å². The van der Waals surface area contributed by atoms with Crippen LogP contribution in [-0.4, -0.2) is 62.2 Å². The third-order valence-electron chi connectivity index (χ3n) is 4.19. The Kier molecular flexibility index (Phi) is 5.73. The fraction of sp³-hybridized carbons (Fsp3) is 1.00. The molecule has 1 rings (SSSR count). The van der Waals surface area contributed by atoms with Gasteiger partial charge in [-0.05, 0) is 46.4 Å². The molecule has 0 amide bonds. The monoisotopic (exact) mass is 227 g/mol. The van der Waals surface area contributed by atoms with Crippen molar-refractivity contribution >= 4 is 0 Å². The Hall–Kier alpha value is -0.120. The summed E-state index contributed by atoms with van der Waals surface area (Å²) in [6, 6.07) is 0. The summed E-state index contributed by atoms with van der Waals surface area (Å²) in [6.07, 6.45) is 4.12. The standard InChI is InChI=1S/C13H29N3/c1-5-16(6-2)11-10-14-12-13(15(3)4)8-7-9-13/h14H,5-12H2,1-4H3. The van der Waals surface area contributed by atoms with Crippen molar-refractivity contribution in [3.63, 3.8) is 0 Å². The van der Waals surface area contributed by atoms with E-state index in [4.69, 9.17) is 0 Å². The van der Waals surface area contributed by atoms with E-state index in [0.717, 1.165) is 26.2 Å². The zero-order chi connectivity index (χ0) is 12.0. The zero-order valence-electron chi connectivity index (χ0n) is 11.6. The molecule has 1 fully saturated rings. The predicted molar refractivity (Wildman–Crippen MR) is 70.9 cm³/mol. The van der Waals surface area contributed by atoms with Gasteiger partial charge in [-0.3, -0.25) is 0 Å². The lowest BCUT2D eigenvalue weighted by Gasteiger charge is -2.47. The highest BCUT2D eigenvalue weighted by molar-refractivity contribution is 4.97. The van der Waals surface area contributed by atoms with Crippen molar-refractivity contribution in [3.05, 3.63) is 0 Å². The van der Waals surface area contributed by atoms with Crippen LogP contribution in [0.3, 0.4) is 0 Å². The maximum Gasteiger partial charge on any atom is 0.0327 e.